The molecule has 0 bridgehead atoms. The fourth-order valence-electron chi connectivity index (χ4n) is 2.40. The van der Waals surface area contributed by atoms with E-state index in [9.17, 15) is 4.21 Å². The Labute approximate surface area is 129 Å². The highest BCUT2D eigenvalue weighted by Crippen LogP contribution is 2.19. The van der Waals surface area contributed by atoms with E-state index in [0.717, 1.165) is 22.4 Å². The van der Waals surface area contributed by atoms with Gasteiger partial charge in [-0.2, -0.15) is 0 Å². The van der Waals surface area contributed by atoms with Crippen LogP contribution in [0.1, 0.15) is 35.2 Å². The zero-order valence-electron chi connectivity index (χ0n) is 12.9. The van der Waals surface area contributed by atoms with E-state index in [-0.39, 0.29) is 6.04 Å². The van der Waals surface area contributed by atoms with Gasteiger partial charge in [-0.05, 0) is 43.0 Å². The van der Waals surface area contributed by atoms with E-state index >= 15 is 0 Å². The third-order valence-electron chi connectivity index (χ3n) is 3.72. The molecule has 2 N–H and O–H groups in total. The number of aryl methyl sites for hydroxylation is 3. The summed E-state index contributed by atoms with van der Waals surface area (Å²) in [5, 5.41) is 0. The summed E-state index contributed by atoms with van der Waals surface area (Å²) in [5.74, 6) is 0.454. The first kappa shape index (κ1) is 15.9. The van der Waals surface area contributed by atoms with Crippen molar-refractivity contribution in [3.05, 3.63) is 64.7 Å². The minimum absolute atomic E-state index is 0.197. The Bertz CT molecular complexity index is 634. The van der Waals surface area contributed by atoms with Crippen LogP contribution < -0.4 is 5.73 Å². The van der Waals surface area contributed by atoms with Crippen molar-refractivity contribution < 1.29 is 4.21 Å². The highest BCUT2D eigenvalue weighted by Gasteiger charge is 2.14. The van der Waals surface area contributed by atoms with E-state index in [1.807, 2.05) is 38.1 Å². The van der Waals surface area contributed by atoms with Crippen LogP contribution in [-0.4, -0.2) is 9.96 Å². The van der Waals surface area contributed by atoms with Crippen LogP contribution in [-0.2, 0) is 17.2 Å². The molecule has 2 unspecified atom stereocenters. The maximum Gasteiger partial charge on any atom is 0.0551 e. The quantitative estimate of drug-likeness (QED) is 0.915. The van der Waals surface area contributed by atoms with Gasteiger partial charge in [0.2, 0.25) is 0 Å². The van der Waals surface area contributed by atoms with Crippen molar-refractivity contribution >= 4 is 10.8 Å². The van der Waals surface area contributed by atoms with Gasteiger partial charge in [0.15, 0.2) is 0 Å². The predicted molar refractivity (Wildman–Crippen MR) is 89.9 cm³/mol. The van der Waals surface area contributed by atoms with Crippen LogP contribution in [0.3, 0.4) is 0 Å². The first-order chi connectivity index (χ1) is 10.0. The molecule has 2 rings (SSSR count). The third kappa shape index (κ3) is 4.02. The van der Waals surface area contributed by atoms with Gasteiger partial charge >= 0.3 is 0 Å². The van der Waals surface area contributed by atoms with Crippen molar-refractivity contribution in [3.8, 4) is 0 Å². The SMILES string of the molecule is CCc1ccc(C(N)CS(=O)c2ccc(C)cc2C)cc1. The lowest BCUT2D eigenvalue weighted by Crippen LogP contribution is -2.18. The molecule has 0 heterocycles. The monoisotopic (exact) mass is 301 g/mol. The van der Waals surface area contributed by atoms with Crippen LogP contribution >= 0.6 is 0 Å². The normalized spacial score (nSPS) is 13.9. The summed E-state index contributed by atoms with van der Waals surface area (Å²) in [6.07, 6.45) is 1.02. The summed E-state index contributed by atoms with van der Waals surface area (Å²) in [7, 11) is -1.07. The smallest absolute Gasteiger partial charge is 0.0551 e. The predicted octanol–water partition coefficient (Wildman–Crippen LogP) is 3.67. The lowest BCUT2D eigenvalue weighted by Gasteiger charge is -2.14. The molecule has 0 fully saturated rings. The summed E-state index contributed by atoms with van der Waals surface area (Å²) in [6, 6.07) is 14.1. The average molecular weight is 301 g/mol. The molecule has 3 heteroatoms. The van der Waals surface area contributed by atoms with Gasteiger partial charge in [-0.3, -0.25) is 4.21 Å². The van der Waals surface area contributed by atoms with Gasteiger partial charge in [0.1, 0.15) is 0 Å². The minimum Gasteiger partial charge on any atom is -0.323 e. The zero-order valence-corrected chi connectivity index (χ0v) is 13.7. The van der Waals surface area contributed by atoms with Gasteiger partial charge < -0.3 is 5.73 Å². The fraction of sp³-hybridized carbons (Fsp3) is 0.333. The topological polar surface area (TPSA) is 43.1 Å². The second-order valence-corrected chi connectivity index (χ2v) is 6.95. The molecular weight excluding hydrogens is 278 g/mol. The molecule has 0 saturated carbocycles. The van der Waals surface area contributed by atoms with Gasteiger partial charge in [0, 0.05) is 16.7 Å². The molecule has 112 valence electrons. The van der Waals surface area contributed by atoms with Gasteiger partial charge in [0.05, 0.1) is 10.8 Å². The Hall–Kier alpha value is -1.45. The number of hydrogen-bond acceptors (Lipinski definition) is 2. The third-order valence-corrected chi connectivity index (χ3v) is 5.33. The molecule has 2 nitrogen and oxygen atoms in total. The summed E-state index contributed by atoms with van der Waals surface area (Å²) < 4.78 is 12.5. The summed E-state index contributed by atoms with van der Waals surface area (Å²) in [4.78, 5) is 0.890. The maximum atomic E-state index is 12.5. The average Bonchev–Trinajstić information content (AvgIpc) is 2.47. The Kier molecular flexibility index (Phi) is 5.32. The van der Waals surface area contributed by atoms with Crippen LogP contribution in [0.5, 0.6) is 0 Å². The molecule has 21 heavy (non-hydrogen) atoms. The molecule has 0 aliphatic heterocycles. The number of rotatable bonds is 5. The fourth-order valence-corrected chi connectivity index (χ4v) is 3.74. The molecule has 0 radical (unpaired) electrons. The summed E-state index contributed by atoms with van der Waals surface area (Å²) in [5.41, 5.74) is 10.8. The largest absolute Gasteiger partial charge is 0.323 e. The molecule has 0 amide bonds. The molecule has 0 aromatic heterocycles. The molecule has 2 aromatic carbocycles. The van der Waals surface area contributed by atoms with Gasteiger partial charge in [-0.1, -0.05) is 48.9 Å². The van der Waals surface area contributed by atoms with E-state index in [4.69, 9.17) is 5.73 Å². The van der Waals surface area contributed by atoms with Gasteiger partial charge in [-0.25, -0.2) is 0 Å². The second-order valence-electron chi connectivity index (χ2n) is 5.48. The van der Waals surface area contributed by atoms with Crippen molar-refractivity contribution in [1.82, 2.24) is 0 Å². The maximum absolute atomic E-state index is 12.5. The lowest BCUT2D eigenvalue weighted by molar-refractivity contribution is 0.674. The van der Waals surface area contributed by atoms with Crippen LogP contribution in [0.2, 0.25) is 0 Å². The van der Waals surface area contributed by atoms with Gasteiger partial charge in [0.25, 0.3) is 0 Å². The molecule has 0 aliphatic carbocycles. The lowest BCUT2D eigenvalue weighted by atomic mass is 10.1. The molecular formula is C18H23NOS. The number of benzene rings is 2. The van der Waals surface area contributed by atoms with E-state index in [2.05, 4.69) is 25.1 Å². The first-order valence-corrected chi connectivity index (χ1v) is 8.63. The van der Waals surface area contributed by atoms with Crippen molar-refractivity contribution in [3.63, 3.8) is 0 Å². The molecule has 0 aliphatic rings. The Balaban J connectivity index is 2.10. The highest BCUT2D eigenvalue weighted by atomic mass is 32.2. The van der Waals surface area contributed by atoms with Crippen LogP contribution in [0.25, 0.3) is 0 Å². The standard InChI is InChI=1S/C18H23NOS/c1-4-15-6-8-16(9-7-15)17(19)12-21(20)18-10-5-13(2)11-14(18)3/h5-11,17H,4,12,19H2,1-3H3. The number of nitrogens with two attached hydrogens (primary N) is 1. The van der Waals surface area contributed by atoms with E-state index in [1.54, 1.807) is 0 Å². The first-order valence-electron chi connectivity index (χ1n) is 7.31. The van der Waals surface area contributed by atoms with Crippen molar-refractivity contribution in [2.75, 3.05) is 5.75 Å². The van der Waals surface area contributed by atoms with E-state index in [1.165, 1.54) is 11.1 Å². The van der Waals surface area contributed by atoms with Crippen LogP contribution in [0.15, 0.2) is 47.4 Å². The van der Waals surface area contributed by atoms with Crippen molar-refractivity contribution in [1.29, 1.82) is 0 Å². The van der Waals surface area contributed by atoms with Crippen molar-refractivity contribution in [2.45, 2.75) is 38.1 Å². The van der Waals surface area contributed by atoms with Crippen LogP contribution in [0.4, 0.5) is 0 Å². The van der Waals surface area contributed by atoms with Crippen molar-refractivity contribution in [2.24, 2.45) is 5.73 Å². The summed E-state index contributed by atoms with van der Waals surface area (Å²) >= 11 is 0. The molecule has 0 saturated heterocycles. The highest BCUT2D eigenvalue weighted by molar-refractivity contribution is 7.85. The second kappa shape index (κ2) is 7.01. The number of hydrogen-bond donors (Lipinski definition) is 1. The van der Waals surface area contributed by atoms with E-state index < -0.39 is 10.8 Å². The zero-order chi connectivity index (χ0) is 15.4. The molecule has 2 atom stereocenters. The van der Waals surface area contributed by atoms with Gasteiger partial charge in [-0.15, -0.1) is 0 Å². The Morgan fingerprint density at radius 3 is 2.33 bits per heavy atom. The minimum atomic E-state index is -1.07. The summed E-state index contributed by atoms with van der Waals surface area (Å²) in [6.45, 7) is 6.17. The Morgan fingerprint density at radius 2 is 1.76 bits per heavy atom. The molecule has 0 spiro atoms. The van der Waals surface area contributed by atoms with E-state index in [0.29, 0.717) is 5.75 Å². The Morgan fingerprint density at radius 1 is 1.10 bits per heavy atom. The van der Waals surface area contributed by atoms with Crippen LogP contribution in [0, 0.1) is 13.8 Å². The molecule has 2 aromatic rings.